The van der Waals surface area contributed by atoms with Crippen LogP contribution in [0.3, 0.4) is 0 Å². The molecule has 1 aromatic carbocycles. The van der Waals surface area contributed by atoms with Gasteiger partial charge in [0.2, 0.25) is 15.9 Å². The zero-order valence-corrected chi connectivity index (χ0v) is 11.9. The van der Waals surface area contributed by atoms with Crippen LogP contribution < -0.4 is 11.5 Å². The molecule has 0 bridgehead atoms. The van der Waals surface area contributed by atoms with E-state index < -0.39 is 22.0 Å². The van der Waals surface area contributed by atoms with E-state index in [4.69, 9.17) is 16.2 Å². The number of hydrogen-bond acceptors (Lipinski definition) is 5. The maximum atomic E-state index is 12.7. The van der Waals surface area contributed by atoms with Gasteiger partial charge in [0.05, 0.1) is 18.9 Å². The number of benzene rings is 1. The predicted octanol–water partition coefficient (Wildman–Crippen LogP) is -0.548. The molecule has 4 N–H and O–H groups in total. The molecule has 1 atom stereocenters. The first-order valence-electron chi connectivity index (χ1n) is 6.09. The fourth-order valence-corrected chi connectivity index (χ4v) is 4.13. The molecule has 7 nitrogen and oxygen atoms in total. The number of carbonyl (C=O) groups excluding carboxylic acids is 1. The molecular weight excluding hydrogens is 282 g/mol. The van der Waals surface area contributed by atoms with Crippen LogP contribution in [0.5, 0.6) is 0 Å². The lowest BCUT2D eigenvalue weighted by molar-refractivity contribution is -0.125. The minimum atomic E-state index is -3.89. The van der Waals surface area contributed by atoms with Crippen LogP contribution in [0.1, 0.15) is 5.56 Å². The summed E-state index contributed by atoms with van der Waals surface area (Å²) >= 11 is 0. The molecule has 1 unspecified atom stereocenters. The van der Waals surface area contributed by atoms with Crippen LogP contribution in [0.2, 0.25) is 0 Å². The number of nitrogen functional groups attached to an aromatic ring is 1. The largest absolute Gasteiger partial charge is 0.398 e. The standard InChI is InChI=1S/C12H17N3O4S/c1-8-3-2-4-9(13)11(8)20(17,18)15-5-6-19-7-10(15)12(14)16/h2-4,10H,5-7,13H2,1H3,(H2,14,16). The van der Waals surface area contributed by atoms with E-state index in [1.165, 1.54) is 6.07 Å². The number of primary amides is 1. The summed E-state index contributed by atoms with van der Waals surface area (Å²) in [5, 5.41) is 0. The van der Waals surface area contributed by atoms with Crippen molar-refractivity contribution in [3.05, 3.63) is 23.8 Å². The Morgan fingerprint density at radius 3 is 2.75 bits per heavy atom. The fourth-order valence-electron chi connectivity index (χ4n) is 2.24. The number of aryl methyl sites for hydroxylation is 1. The van der Waals surface area contributed by atoms with Crippen molar-refractivity contribution in [3.63, 3.8) is 0 Å². The van der Waals surface area contributed by atoms with Crippen molar-refractivity contribution in [2.24, 2.45) is 5.73 Å². The Balaban J connectivity index is 2.51. The molecule has 1 fully saturated rings. The molecule has 2 rings (SSSR count). The number of morpholine rings is 1. The Bertz CT molecular complexity index is 609. The molecule has 1 amide bonds. The van der Waals surface area contributed by atoms with Crippen LogP contribution in [0, 0.1) is 6.92 Å². The Morgan fingerprint density at radius 1 is 1.45 bits per heavy atom. The molecule has 8 heteroatoms. The van der Waals surface area contributed by atoms with Gasteiger partial charge >= 0.3 is 0 Å². The molecular formula is C12H17N3O4S. The van der Waals surface area contributed by atoms with Crippen molar-refractivity contribution in [1.29, 1.82) is 0 Å². The van der Waals surface area contributed by atoms with Crippen LogP contribution in [0.25, 0.3) is 0 Å². The first-order valence-corrected chi connectivity index (χ1v) is 7.53. The third-order valence-corrected chi connectivity index (χ3v) is 5.34. The SMILES string of the molecule is Cc1cccc(N)c1S(=O)(=O)N1CCOCC1C(N)=O. The summed E-state index contributed by atoms with van der Waals surface area (Å²) in [5.41, 5.74) is 11.7. The van der Waals surface area contributed by atoms with Gasteiger partial charge in [-0.1, -0.05) is 12.1 Å². The molecule has 0 aliphatic carbocycles. The Hall–Kier alpha value is -1.64. The molecule has 1 saturated heterocycles. The fraction of sp³-hybridized carbons (Fsp3) is 0.417. The van der Waals surface area contributed by atoms with Crippen molar-refractivity contribution in [3.8, 4) is 0 Å². The first kappa shape index (κ1) is 14.8. The van der Waals surface area contributed by atoms with Gasteiger partial charge in [0.15, 0.2) is 0 Å². The number of amides is 1. The van der Waals surface area contributed by atoms with E-state index in [0.29, 0.717) is 5.56 Å². The van der Waals surface area contributed by atoms with E-state index in [1.54, 1.807) is 19.1 Å². The van der Waals surface area contributed by atoms with E-state index in [1.807, 2.05) is 0 Å². The lowest BCUT2D eigenvalue weighted by Gasteiger charge is -2.33. The zero-order valence-electron chi connectivity index (χ0n) is 11.1. The van der Waals surface area contributed by atoms with Crippen molar-refractivity contribution in [2.75, 3.05) is 25.5 Å². The maximum Gasteiger partial charge on any atom is 0.246 e. The van der Waals surface area contributed by atoms with E-state index >= 15 is 0 Å². The summed E-state index contributed by atoms with van der Waals surface area (Å²) in [6, 6.07) is 3.84. The Labute approximate surface area is 117 Å². The predicted molar refractivity (Wildman–Crippen MR) is 73.3 cm³/mol. The summed E-state index contributed by atoms with van der Waals surface area (Å²) in [4.78, 5) is 11.4. The third kappa shape index (κ3) is 2.49. The van der Waals surface area contributed by atoms with Crippen LogP contribution in [-0.4, -0.2) is 44.4 Å². The summed E-state index contributed by atoms with van der Waals surface area (Å²) in [6.45, 7) is 1.90. The maximum absolute atomic E-state index is 12.7. The molecule has 0 aromatic heterocycles. The van der Waals surface area contributed by atoms with Gasteiger partial charge in [0.25, 0.3) is 0 Å². The van der Waals surface area contributed by atoms with Gasteiger partial charge in [-0.3, -0.25) is 4.79 Å². The average Bonchev–Trinajstić information content (AvgIpc) is 2.38. The zero-order chi connectivity index (χ0) is 14.9. The molecule has 0 radical (unpaired) electrons. The first-order chi connectivity index (χ1) is 9.35. The second kappa shape index (κ2) is 5.39. The Morgan fingerprint density at radius 2 is 2.15 bits per heavy atom. The number of sulfonamides is 1. The van der Waals surface area contributed by atoms with Crippen LogP contribution in [0.4, 0.5) is 5.69 Å². The van der Waals surface area contributed by atoms with Crippen molar-refractivity contribution >= 4 is 21.6 Å². The highest BCUT2D eigenvalue weighted by Crippen LogP contribution is 2.28. The van der Waals surface area contributed by atoms with Crippen LogP contribution in [0.15, 0.2) is 23.1 Å². The lowest BCUT2D eigenvalue weighted by Crippen LogP contribution is -2.54. The second-order valence-corrected chi connectivity index (χ2v) is 6.43. The minimum absolute atomic E-state index is 0.0214. The highest BCUT2D eigenvalue weighted by molar-refractivity contribution is 7.89. The smallest absolute Gasteiger partial charge is 0.246 e. The number of carbonyl (C=O) groups is 1. The normalized spacial score (nSPS) is 20.8. The molecule has 1 aliphatic rings. The average molecular weight is 299 g/mol. The van der Waals surface area contributed by atoms with E-state index in [0.717, 1.165) is 4.31 Å². The number of nitrogens with two attached hydrogens (primary N) is 2. The van der Waals surface area contributed by atoms with Gasteiger partial charge in [-0.25, -0.2) is 8.42 Å². The molecule has 0 spiro atoms. The van der Waals surface area contributed by atoms with Gasteiger partial charge in [0, 0.05) is 6.54 Å². The van der Waals surface area contributed by atoms with Crippen LogP contribution in [-0.2, 0) is 19.6 Å². The van der Waals surface area contributed by atoms with Gasteiger partial charge in [-0.2, -0.15) is 4.31 Å². The minimum Gasteiger partial charge on any atom is -0.398 e. The number of hydrogen-bond donors (Lipinski definition) is 2. The van der Waals surface area contributed by atoms with Gasteiger partial charge in [0.1, 0.15) is 10.9 Å². The van der Waals surface area contributed by atoms with Gasteiger partial charge < -0.3 is 16.2 Å². The van der Waals surface area contributed by atoms with Gasteiger partial charge in [-0.15, -0.1) is 0 Å². The van der Waals surface area contributed by atoms with E-state index in [-0.39, 0.29) is 30.3 Å². The third-order valence-electron chi connectivity index (χ3n) is 3.22. The Kier molecular flexibility index (Phi) is 3.98. The summed E-state index contributed by atoms with van der Waals surface area (Å²) in [7, 11) is -3.89. The molecule has 20 heavy (non-hydrogen) atoms. The monoisotopic (exact) mass is 299 g/mol. The highest BCUT2D eigenvalue weighted by atomic mass is 32.2. The lowest BCUT2D eigenvalue weighted by atomic mass is 10.2. The topological polar surface area (TPSA) is 116 Å². The number of anilines is 1. The number of ether oxygens (including phenoxy) is 1. The summed E-state index contributed by atoms with van der Waals surface area (Å²) < 4.78 is 31.6. The number of rotatable bonds is 3. The van der Waals surface area contributed by atoms with E-state index in [2.05, 4.69) is 0 Å². The molecule has 1 aromatic rings. The molecule has 1 heterocycles. The van der Waals surface area contributed by atoms with Crippen molar-refractivity contribution in [2.45, 2.75) is 17.9 Å². The highest BCUT2D eigenvalue weighted by Gasteiger charge is 2.38. The molecule has 1 aliphatic heterocycles. The second-order valence-electron chi connectivity index (χ2n) is 4.60. The molecule has 110 valence electrons. The van der Waals surface area contributed by atoms with E-state index in [9.17, 15) is 13.2 Å². The summed E-state index contributed by atoms with van der Waals surface area (Å²) in [5.74, 6) is -0.736. The van der Waals surface area contributed by atoms with Gasteiger partial charge in [-0.05, 0) is 18.6 Å². The quantitative estimate of drug-likeness (QED) is 0.727. The summed E-state index contributed by atoms with van der Waals surface area (Å²) in [6.07, 6.45) is 0. The molecule has 0 saturated carbocycles. The van der Waals surface area contributed by atoms with Crippen molar-refractivity contribution < 1.29 is 17.9 Å². The van der Waals surface area contributed by atoms with Crippen LogP contribution >= 0.6 is 0 Å². The van der Waals surface area contributed by atoms with Crippen molar-refractivity contribution in [1.82, 2.24) is 4.31 Å². The number of nitrogens with zero attached hydrogens (tertiary/aromatic N) is 1.